The summed E-state index contributed by atoms with van der Waals surface area (Å²) in [5, 5.41) is 11.9. The molecule has 1 saturated heterocycles. The van der Waals surface area contributed by atoms with Crippen LogP contribution in [0.4, 0.5) is 0 Å². The lowest BCUT2D eigenvalue weighted by atomic mass is 9.99. The van der Waals surface area contributed by atoms with Crippen molar-refractivity contribution in [2.45, 2.75) is 32.7 Å². The number of nitrogens with zero attached hydrogens (tertiary/aromatic N) is 1. The Balaban J connectivity index is 2.28. The topological polar surface area (TPSA) is 52.6 Å². The van der Waals surface area contributed by atoms with E-state index in [0.29, 0.717) is 12.5 Å². The fourth-order valence-electron chi connectivity index (χ4n) is 2.01. The van der Waals surface area contributed by atoms with E-state index in [1.165, 1.54) is 0 Å². The second kappa shape index (κ2) is 6.08. The lowest BCUT2D eigenvalue weighted by Gasteiger charge is -2.31. The van der Waals surface area contributed by atoms with Crippen molar-refractivity contribution < 1.29 is 9.90 Å². The van der Waals surface area contributed by atoms with Crippen molar-refractivity contribution in [2.75, 3.05) is 26.2 Å². The first-order valence-electron chi connectivity index (χ1n) is 5.74. The number of rotatable bonds is 4. The highest BCUT2D eigenvalue weighted by molar-refractivity contribution is 5.78. The Kier molecular flexibility index (Phi) is 5.05. The molecule has 1 rings (SSSR count). The Morgan fingerprint density at radius 2 is 2.33 bits per heavy atom. The summed E-state index contributed by atoms with van der Waals surface area (Å²) in [6, 6.07) is 0.205. The lowest BCUT2D eigenvalue weighted by Crippen LogP contribution is -2.44. The average Bonchev–Trinajstić information content (AvgIpc) is 2.16. The van der Waals surface area contributed by atoms with Gasteiger partial charge in [0.25, 0.3) is 0 Å². The molecule has 2 N–H and O–H groups in total. The number of nitrogens with one attached hydrogen (secondary N) is 1. The highest BCUT2D eigenvalue weighted by Crippen LogP contribution is 2.14. The van der Waals surface area contributed by atoms with Crippen molar-refractivity contribution in [2.24, 2.45) is 5.92 Å². The zero-order chi connectivity index (χ0) is 11.3. The number of amides is 1. The summed E-state index contributed by atoms with van der Waals surface area (Å²) in [4.78, 5) is 13.6. The van der Waals surface area contributed by atoms with Gasteiger partial charge in [0.05, 0.1) is 6.54 Å². The second-order valence-electron chi connectivity index (χ2n) is 4.65. The predicted octanol–water partition coefficient (Wildman–Crippen LogP) is 0.215. The number of likely N-dealkylation sites (tertiary alicyclic amines) is 1. The molecule has 4 nitrogen and oxygen atoms in total. The van der Waals surface area contributed by atoms with Gasteiger partial charge in [0.15, 0.2) is 0 Å². The monoisotopic (exact) mass is 214 g/mol. The SMILES string of the molecule is CC(C)NC(=O)CN1CCCC(CO)C1. The Hall–Kier alpha value is -0.610. The van der Waals surface area contributed by atoms with Crippen LogP contribution in [0.3, 0.4) is 0 Å². The Morgan fingerprint density at radius 3 is 2.93 bits per heavy atom. The molecule has 88 valence electrons. The normalized spacial score (nSPS) is 23.1. The van der Waals surface area contributed by atoms with Gasteiger partial charge in [-0.2, -0.15) is 0 Å². The maximum absolute atomic E-state index is 11.5. The highest BCUT2D eigenvalue weighted by atomic mass is 16.3. The average molecular weight is 214 g/mol. The van der Waals surface area contributed by atoms with Gasteiger partial charge in [-0.1, -0.05) is 0 Å². The standard InChI is InChI=1S/C11H22N2O2/c1-9(2)12-11(15)7-13-5-3-4-10(6-13)8-14/h9-10,14H,3-8H2,1-2H3,(H,12,15). The third-order valence-corrected chi connectivity index (χ3v) is 2.68. The third kappa shape index (κ3) is 4.62. The van der Waals surface area contributed by atoms with Crippen molar-refractivity contribution in [1.29, 1.82) is 0 Å². The van der Waals surface area contributed by atoms with Gasteiger partial charge >= 0.3 is 0 Å². The minimum absolute atomic E-state index is 0.0867. The van der Waals surface area contributed by atoms with Gasteiger partial charge in [0, 0.05) is 19.2 Å². The maximum atomic E-state index is 11.5. The molecule has 0 aromatic heterocycles. The van der Waals surface area contributed by atoms with Crippen molar-refractivity contribution >= 4 is 5.91 Å². The van der Waals surface area contributed by atoms with E-state index in [9.17, 15) is 4.79 Å². The number of aliphatic hydroxyl groups is 1. The van der Waals surface area contributed by atoms with E-state index in [0.717, 1.165) is 25.9 Å². The van der Waals surface area contributed by atoms with Crippen LogP contribution >= 0.6 is 0 Å². The summed E-state index contributed by atoms with van der Waals surface area (Å²) in [5.41, 5.74) is 0. The van der Waals surface area contributed by atoms with Crippen LogP contribution in [0.1, 0.15) is 26.7 Å². The zero-order valence-corrected chi connectivity index (χ0v) is 9.70. The third-order valence-electron chi connectivity index (χ3n) is 2.68. The molecule has 0 aliphatic carbocycles. The van der Waals surface area contributed by atoms with Crippen LogP contribution in [0.5, 0.6) is 0 Å². The van der Waals surface area contributed by atoms with E-state index in [2.05, 4.69) is 10.2 Å². The Morgan fingerprint density at radius 1 is 1.60 bits per heavy atom. The molecule has 0 spiro atoms. The molecule has 1 heterocycles. The summed E-state index contributed by atoms with van der Waals surface area (Å²) in [6.07, 6.45) is 2.17. The quantitative estimate of drug-likeness (QED) is 0.703. The van der Waals surface area contributed by atoms with Crippen LogP contribution in [0.2, 0.25) is 0 Å². The van der Waals surface area contributed by atoms with Crippen LogP contribution in [0.15, 0.2) is 0 Å². The van der Waals surface area contributed by atoms with Crippen LogP contribution in [-0.2, 0) is 4.79 Å². The van der Waals surface area contributed by atoms with E-state index >= 15 is 0 Å². The first-order valence-corrected chi connectivity index (χ1v) is 5.74. The zero-order valence-electron chi connectivity index (χ0n) is 9.70. The number of carbonyl (C=O) groups excluding carboxylic acids is 1. The minimum atomic E-state index is 0.0867. The molecular weight excluding hydrogens is 192 g/mol. The van der Waals surface area contributed by atoms with Gasteiger partial charge in [-0.15, -0.1) is 0 Å². The fourth-order valence-corrected chi connectivity index (χ4v) is 2.01. The summed E-state index contributed by atoms with van der Waals surface area (Å²) in [6.45, 7) is 6.45. The van der Waals surface area contributed by atoms with E-state index in [-0.39, 0.29) is 18.6 Å². The molecule has 1 fully saturated rings. The maximum Gasteiger partial charge on any atom is 0.234 e. The molecule has 4 heteroatoms. The van der Waals surface area contributed by atoms with Crippen LogP contribution < -0.4 is 5.32 Å². The first kappa shape index (κ1) is 12.5. The van der Waals surface area contributed by atoms with Crippen LogP contribution in [0, 0.1) is 5.92 Å². The Labute approximate surface area is 91.6 Å². The van der Waals surface area contributed by atoms with E-state index in [1.807, 2.05) is 13.8 Å². The summed E-state index contributed by atoms with van der Waals surface area (Å²) in [7, 11) is 0. The molecule has 0 radical (unpaired) electrons. The predicted molar refractivity (Wildman–Crippen MR) is 59.5 cm³/mol. The van der Waals surface area contributed by atoms with Crippen molar-refractivity contribution in [3.8, 4) is 0 Å². The lowest BCUT2D eigenvalue weighted by molar-refractivity contribution is -0.123. The van der Waals surface area contributed by atoms with Gasteiger partial charge in [0.1, 0.15) is 0 Å². The molecule has 0 aromatic carbocycles. The molecular formula is C11H22N2O2. The molecule has 15 heavy (non-hydrogen) atoms. The van der Waals surface area contributed by atoms with Crippen molar-refractivity contribution in [3.05, 3.63) is 0 Å². The number of aliphatic hydroxyl groups excluding tert-OH is 1. The number of piperidine rings is 1. The van der Waals surface area contributed by atoms with Gasteiger partial charge in [-0.3, -0.25) is 9.69 Å². The van der Waals surface area contributed by atoms with Gasteiger partial charge in [0.2, 0.25) is 5.91 Å². The van der Waals surface area contributed by atoms with E-state index in [1.54, 1.807) is 0 Å². The molecule has 1 aliphatic rings. The summed E-state index contributed by atoms with van der Waals surface area (Å²) < 4.78 is 0. The smallest absolute Gasteiger partial charge is 0.234 e. The first-order chi connectivity index (χ1) is 7.11. The van der Waals surface area contributed by atoms with Crippen LogP contribution in [0.25, 0.3) is 0 Å². The molecule has 1 amide bonds. The summed E-state index contributed by atoms with van der Waals surface area (Å²) in [5.74, 6) is 0.439. The summed E-state index contributed by atoms with van der Waals surface area (Å²) >= 11 is 0. The fraction of sp³-hybridized carbons (Fsp3) is 0.909. The van der Waals surface area contributed by atoms with Gasteiger partial charge in [-0.05, 0) is 39.2 Å². The molecule has 0 aromatic rings. The van der Waals surface area contributed by atoms with Crippen molar-refractivity contribution in [3.63, 3.8) is 0 Å². The minimum Gasteiger partial charge on any atom is -0.396 e. The largest absolute Gasteiger partial charge is 0.396 e. The van der Waals surface area contributed by atoms with Gasteiger partial charge < -0.3 is 10.4 Å². The molecule has 1 aliphatic heterocycles. The van der Waals surface area contributed by atoms with E-state index in [4.69, 9.17) is 5.11 Å². The number of hydrogen-bond acceptors (Lipinski definition) is 3. The Bertz CT molecular complexity index is 207. The van der Waals surface area contributed by atoms with Gasteiger partial charge in [-0.25, -0.2) is 0 Å². The molecule has 1 atom stereocenters. The second-order valence-corrected chi connectivity index (χ2v) is 4.65. The number of carbonyl (C=O) groups is 1. The number of hydrogen-bond donors (Lipinski definition) is 2. The molecule has 0 bridgehead atoms. The van der Waals surface area contributed by atoms with Crippen molar-refractivity contribution in [1.82, 2.24) is 10.2 Å². The molecule has 1 unspecified atom stereocenters. The van der Waals surface area contributed by atoms with E-state index < -0.39 is 0 Å². The molecule has 0 saturated carbocycles. The van der Waals surface area contributed by atoms with Crippen LogP contribution in [-0.4, -0.2) is 48.2 Å². The highest BCUT2D eigenvalue weighted by Gasteiger charge is 2.20.